The Labute approximate surface area is 89.5 Å². The van der Waals surface area contributed by atoms with E-state index < -0.39 is 0 Å². The van der Waals surface area contributed by atoms with Crippen LogP contribution in [0.3, 0.4) is 0 Å². The van der Waals surface area contributed by atoms with Gasteiger partial charge in [0.15, 0.2) is 0 Å². The van der Waals surface area contributed by atoms with Crippen LogP contribution in [-0.2, 0) is 6.42 Å². The van der Waals surface area contributed by atoms with E-state index in [-0.39, 0.29) is 6.10 Å². The van der Waals surface area contributed by atoms with Gasteiger partial charge >= 0.3 is 0 Å². The summed E-state index contributed by atoms with van der Waals surface area (Å²) in [4.78, 5) is 0. The second-order valence-electron chi connectivity index (χ2n) is 3.24. The predicted octanol–water partition coefficient (Wildman–Crippen LogP) is 2.66. The largest absolute Gasteiger partial charge is 0.494 e. The third-order valence-corrected chi connectivity index (χ3v) is 2.07. The number of benzene rings is 1. The van der Waals surface area contributed by atoms with Crippen LogP contribution in [0.5, 0.6) is 5.75 Å². The average Bonchev–Trinajstić information content (AvgIpc) is 2.09. The van der Waals surface area contributed by atoms with Gasteiger partial charge in [-0.05, 0) is 37.6 Å². The zero-order valence-corrected chi connectivity index (χ0v) is 9.21. The third kappa shape index (κ3) is 3.20. The van der Waals surface area contributed by atoms with Crippen LogP contribution in [0.25, 0.3) is 0 Å². The van der Waals surface area contributed by atoms with E-state index in [1.54, 1.807) is 13.0 Å². The molecule has 0 fully saturated rings. The van der Waals surface area contributed by atoms with Crippen molar-refractivity contribution in [3.05, 3.63) is 28.8 Å². The van der Waals surface area contributed by atoms with Crippen LogP contribution in [0.2, 0.25) is 5.02 Å². The van der Waals surface area contributed by atoms with Crippen LogP contribution in [0, 0.1) is 0 Å². The first-order valence-corrected chi connectivity index (χ1v) is 5.10. The van der Waals surface area contributed by atoms with Gasteiger partial charge < -0.3 is 9.84 Å². The SMILES string of the molecule is CCOc1ccc(Cl)cc1C[C@H](C)O. The topological polar surface area (TPSA) is 29.5 Å². The van der Waals surface area contributed by atoms with Crippen LogP contribution in [-0.4, -0.2) is 17.8 Å². The van der Waals surface area contributed by atoms with E-state index in [0.717, 1.165) is 11.3 Å². The zero-order chi connectivity index (χ0) is 10.6. The Kier molecular flexibility index (Phi) is 4.23. The summed E-state index contributed by atoms with van der Waals surface area (Å²) in [6, 6.07) is 5.46. The van der Waals surface area contributed by atoms with Crippen LogP contribution >= 0.6 is 11.6 Å². The number of aliphatic hydroxyl groups excluding tert-OH is 1. The van der Waals surface area contributed by atoms with E-state index in [0.29, 0.717) is 18.1 Å². The molecule has 0 aliphatic rings. The van der Waals surface area contributed by atoms with E-state index in [1.807, 2.05) is 19.1 Å². The normalized spacial score (nSPS) is 12.6. The molecule has 1 aromatic carbocycles. The number of rotatable bonds is 4. The smallest absolute Gasteiger partial charge is 0.122 e. The van der Waals surface area contributed by atoms with E-state index in [1.165, 1.54) is 0 Å². The summed E-state index contributed by atoms with van der Waals surface area (Å²) in [5.74, 6) is 0.804. The van der Waals surface area contributed by atoms with E-state index in [2.05, 4.69) is 0 Å². The van der Waals surface area contributed by atoms with Crippen LogP contribution < -0.4 is 4.74 Å². The first-order valence-electron chi connectivity index (χ1n) is 4.72. The lowest BCUT2D eigenvalue weighted by molar-refractivity contribution is 0.193. The number of halogens is 1. The predicted molar refractivity (Wildman–Crippen MR) is 58.0 cm³/mol. The van der Waals surface area contributed by atoms with E-state index in [4.69, 9.17) is 16.3 Å². The van der Waals surface area contributed by atoms with Gasteiger partial charge in [0, 0.05) is 11.4 Å². The molecule has 1 atom stereocenters. The molecule has 0 amide bonds. The fraction of sp³-hybridized carbons (Fsp3) is 0.455. The van der Waals surface area contributed by atoms with Gasteiger partial charge in [-0.25, -0.2) is 0 Å². The minimum absolute atomic E-state index is 0.382. The van der Waals surface area contributed by atoms with Crippen LogP contribution in [0.4, 0.5) is 0 Å². The molecule has 0 unspecified atom stereocenters. The van der Waals surface area contributed by atoms with Crippen molar-refractivity contribution < 1.29 is 9.84 Å². The van der Waals surface area contributed by atoms with Crippen LogP contribution in [0.1, 0.15) is 19.4 Å². The first kappa shape index (κ1) is 11.3. The maximum absolute atomic E-state index is 9.29. The van der Waals surface area contributed by atoms with Crippen molar-refractivity contribution in [1.29, 1.82) is 0 Å². The number of hydrogen-bond acceptors (Lipinski definition) is 2. The highest BCUT2D eigenvalue weighted by molar-refractivity contribution is 6.30. The molecule has 2 nitrogen and oxygen atoms in total. The Morgan fingerprint density at radius 2 is 2.21 bits per heavy atom. The fourth-order valence-electron chi connectivity index (χ4n) is 1.32. The highest BCUT2D eigenvalue weighted by Crippen LogP contribution is 2.24. The summed E-state index contributed by atoms with van der Waals surface area (Å²) in [6.45, 7) is 4.30. The van der Waals surface area contributed by atoms with Gasteiger partial charge in [-0.3, -0.25) is 0 Å². The molecule has 1 N–H and O–H groups in total. The van der Waals surface area contributed by atoms with Crippen molar-refractivity contribution in [3.63, 3.8) is 0 Å². The second-order valence-corrected chi connectivity index (χ2v) is 3.67. The van der Waals surface area contributed by atoms with Gasteiger partial charge in [0.05, 0.1) is 12.7 Å². The van der Waals surface area contributed by atoms with Gasteiger partial charge in [-0.1, -0.05) is 11.6 Å². The molecule has 14 heavy (non-hydrogen) atoms. The minimum Gasteiger partial charge on any atom is -0.494 e. The van der Waals surface area contributed by atoms with E-state index >= 15 is 0 Å². The Balaban J connectivity index is 2.90. The number of ether oxygens (including phenoxy) is 1. The molecule has 0 heterocycles. The van der Waals surface area contributed by atoms with Crippen LogP contribution in [0.15, 0.2) is 18.2 Å². The molecule has 0 aromatic heterocycles. The maximum atomic E-state index is 9.29. The van der Waals surface area contributed by atoms with Crippen molar-refractivity contribution in [2.24, 2.45) is 0 Å². The average molecular weight is 215 g/mol. The van der Waals surface area contributed by atoms with E-state index in [9.17, 15) is 5.11 Å². The molecule has 0 bridgehead atoms. The minimum atomic E-state index is -0.382. The number of hydrogen-bond donors (Lipinski definition) is 1. The molecular weight excluding hydrogens is 200 g/mol. The molecule has 78 valence electrons. The lowest BCUT2D eigenvalue weighted by Crippen LogP contribution is -2.06. The van der Waals surface area contributed by atoms with Gasteiger partial charge in [0.1, 0.15) is 5.75 Å². The molecule has 0 saturated carbocycles. The molecule has 1 aromatic rings. The third-order valence-electron chi connectivity index (χ3n) is 1.84. The summed E-state index contributed by atoms with van der Waals surface area (Å²) < 4.78 is 5.42. The summed E-state index contributed by atoms with van der Waals surface area (Å²) in [5, 5.41) is 9.96. The summed E-state index contributed by atoms with van der Waals surface area (Å²) in [5.41, 5.74) is 0.953. The Morgan fingerprint density at radius 1 is 1.50 bits per heavy atom. The van der Waals surface area contributed by atoms with Crippen molar-refractivity contribution >= 4 is 11.6 Å². The Bertz CT molecular complexity index is 297. The van der Waals surface area contributed by atoms with Crippen molar-refractivity contribution in [1.82, 2.24) is 0 Å². The molecule has 3 heteroatoms. The second kappa shape index (κ2) is 5.23. The van der Waals surface area contributed by atoms with Gasteiger partial charge in [-0.2, -0.15) is 0 Å². The summed E-state index contributed by atoms with van der Waals surface area (Å²) in [6.07, 6.45) is 0.184. The lowest BCUT2D eigenvalue weighted by Gasteiger charge is -2.11. The van der Waals surface area contributed by atoms with Crippen molar-refractivity contribution in [3.8, 4) is 5.75 Å². The molecule has 0 radical (unpaired) electrons. The Hall–Kier alpha value is -0.730. The first-order chi connectivity index (χ1) is 6.63. The standard InChI is InChI=1S/C11H15ClO2/c1-3-14-11-5-4-10(12)7-9(11)6-8(2)13/h4-5,7-8,13H,3,6H2,1-2H3/t8-/m0/s1. The van der Waals surface area contributed by atoms with Gasteiger partial charge in [0.25, 0.3) is 0 Å². The molecular formula is C11H15ClO2. The van der Waals surface area contributed by atoms with Gasteiger partial charge in [0.2, 0.25) is 0 Å². The lowest BCUT2D eigenvalue weighted by atomic mass is 10.1. The maximum Gasteiger partial charge on any atom is 0.122 e. The molecule has 0 saturated heterocycles. The zero-order valence-electron chi connectivity index (χ0n) is 8.46. The summed E-state index contributed by atoms with van der Waals surface area (Å²) in [7, 11) is 0. The molecule has 0 aliphatic heterocycles. The van der Waals surface area contributed by atoms with Crippen molar-refractivity contribution in [2.75, 3.05) is 6.61 Å². The molecule has 0 spiro atoms. The fourth-order valence-corrected chi connectivity index (χ4v) is 1.52. The quantitative estimate of drug-likeness (QED) is 0.835. The van der Waals surface area contributed by atoms with Crippen molar-refractivity contribution in [2.45, 2.75) is 26.4 Å². The molecule has 1 rings (SSSR count). The highest BCUT2D eigenvalue weighted by atomic mass is 35.5. The molecule has 0 aliphatic carbocycles. The summed E-state index contributed by atoms with van der Waals surface area (Å²) >= 11 is 5.86. The number of aliphatic hydroxyl groups is 1. The Morgan fingerprint density at radius 3 is 2.79 bits per heavy atom. The van der Waals surface area contributed by atoms with Gasteiger partial charge in [-0.15, -0.1) is 0 Å². The highest BCUT2D eigenvalue weighted by Gasteiger charge is 2.07. The monoisotopic (exact) mass is 214 g/mol.